The molecule has 1 aliphatic rings. The number of hydrogen-bond donors (Lipinski definition) is 1. The molecule has 1 aromatic carbocycles. The first-order valence-corrected chi connectivity index (χ1v) is 8.39. The quantitative estimate of drug-likeness (QED) is 0.817. The first-order chi connectivity index (χ1) is 9.34. The minimum Gasteiger partial charge on any atom is -0.378 e. The van der Waals surface area contributed by atoms with Crippen LogP contribution in [0.25, 0.3) is 0 Å². The summed E-state index contributed by atoms with van der Waals surface area (Å²) in [6.45, 7) is 0. The van der Waals surface area contributed by atoms with Crippen molar-refractivity contribution in [2.45, 2.75) is 31.3 Å². The standard InChI is InChI=1S/C14H19NO4S/c1-19-14(8-3-9-14)10-13(16)11-4-6-12(7-5-11)15-20(2,17)18/h4-7,15H,3,8-10H2,1-2H3. The molecule has 0 spiro atoms. The van der Waals surface area contributed by atoms with Gasteiger partial charge in [0.25, 0.3) is 0 Å². The average molecular weight is 297 g/mol. The summed E-state index contributed by atoms with van der Waals surface area (Å²) in [6, 6.07) is 6.46. The lowest BCUT2D eigenvalue weighted by atomic mass is 9.76. The molecular weight excluding hydrogens is 278 g/mol. The van der Waals surface area contributed by atoms with E-state index in [1.165, 1.54) is 0 Å². The molecule has 0 saturated heterocycles. The molecule has 2 rings (SSSR count). The normalized spacial score (nSPS) is 17.3. The largest absolute Gasteiger partial charge is 0.378 e. The van der Waals surface area contributed by atoms with Crippen molar-refractivity contribution in [1.29, 1.82) is 0 Å². The van der Waals surface area contributed by atoms with Gasteiger partial charge in [0.05, 0.1) is 11.9 Å². The predicted molar refractivity (Wildman–Crippen MR) is 77.4 cm³/mol. The Morgan fingerprint density at radius 1 is 1.30 bits per heavy atom. The van der Waals surface area contributed by atoms with Gasteiger partial charge < -0.3 is 4.74 Å². The predicted octanol–water partition coefficient (Wildman–Crippen LogP) is 2.20. The van der Waals surface area contributed by atoms with E-state index in [-0.39, 0.29) is 11.4 Å². The van der Waals surface area contributed by atoms with Crippen molar-refractivity contribution in [2.75, 3.05) is 18.1 Å². The number of ketones is 1. The number of sulfonamides is 1. The Hall–Kier alpha value is -1.40. The van der Waals surface area contributed by atoms with E-state index >= 15 is 0 Å². The number of Topliss-reactive ketones (excluding diaryl/α,β-unsaturated/α-hetero) is 1. The molecule has 5 nitrogen and oxygen atoms in total. The van der Waals surface area contributed by atoms with E-state index in [0.717, 1.165) is 25.5 Å². The van der Waals surface area contributed by atoms with Gasteiger partial charge in [-0.05, 0) is 43.5 Å². The fourth-order valence-electron chi connectivity index (χ4n) is 2.36. The number of anilines is 1. The van der Waals surface area contributed by atoms with Gasteiger partial charge in [-0.15, -0.1) is 0 Å². The second-order valence-electron chi connectivity index (χ2n) is 5.29. The van der Waals surface area contributed by atoms with Gasteiger partial charge in [0.15, 0.2) is 5.78 Å². The fraction of sp³-hybridized carbons (Fsp3) is 0.500. The van der Waals surface area contributed by atoms with Crippen LogP contribution in [-0.2, 0) is 14.8 Å². The van der Waals surface area contributed by atoms with E-state index < -0.39 is 10.0 Å². The highest BCUT2D eigenvalue weighted by molar-refractivity contribution is 7.92. The van der Waals surface area contributed by atoms with Crippen LogP contribution in [0.2, 0.25) is 0 Å². The number of methoxy groups -OCH3 is 1. The summed E-state index contributed by atoms with van der Waals surface area (Å²) >= 11 is 0. The molecule has 0 aromatic heterocycles. The number of hydrogen-bond acceptors (Lipinski definition) is 4. The van der Waals surface area contributed by atoms with E-state index in [4.69, 9.17) is 4.74 Å². The Bertz CT molecular complexity index is 583. The Morgan fingerprint density at radius 3 is 2.30 bits per heavy atom. The number of carbonyl (C=O) groups is 1. The second-order valence-corrected chi connectivity index (χ2v) is 7.04. The number of benzene rings is 1. The highest BCUT2D eigenvalue weighted by Gasteiger charge is 2.39. The van der Waals surface area contributed by atoms with Crippen LogP contribution < -0.4 is 4.72 Å². The zero-order chi connectivity index (χ0) is 14.8. The summed E-state index contributed by atoms with van der Waals surface area (Å²) in [5, 5.41) is 0. The number of rotatable bonds is 6. The van der Waals surface area contributed by atoms with Crippen LogP contribution in [-0.4, -0.2) is 33.2 Å². The monoisotopic (exact) mass is 297 g/mol. The van der Waals surface area contributed by atoms with Gasteiger partial charge in [-0.3, -0.25) is 9.52 Å². The molecule has 1 N–H and O–H groups in total. The first-order valence-electron chi connectivity index (χ1n) is 6.50. The molecule has 0 heterocycles. The Balaban J connectivity index is 2.04. The van der Waals surface area contributed by atoms with Gasteiger partial charge in [0.1, 0.15) is 0 Å². The molecule has 1 aliphatic carbocycles. The van der Waals surface area contributed by atoms with Gasteiger partial charge in [0.2, 0.25) is 10.0 Å². The van der Waals surface area contributed by atoms with Crippen molar-refractivity contribution in [1.82, 2.24) is 0 Å². The zero-order valence-corrected chi connectivity index (χ0v) is 12.5. The van der Waals surface area contributed by atoms with Crippen LogP contribution in [0.15, 0.2) is 24.3 Å². The summed E-state index contributed by atoms with van der Waals surface area (Å²) in [7, 11) is -1.65. The van der Waals surface area contributed by atoms with Crippen molar-refractivity contribution in [3.63, 3.8) is 0 Å². The molecule has 110 valence electrons. The topological polar surface area (TPSA) is 72.5 Å². The van der Waals surface area contributed by atoms with Crippen molar-refractivity contribution < 1.29 is 17.9 Å². The van der Waals surface area contributed by atoms with E-state index in [1.807, 2.05) is 0 Å². The molecule has 0 atom stereocenters. The summed E-state index contributed by atoms with van der Waals surface area (Å²) in [5.41, 5.74) is 0.738. The molecule has 0 aliphatic heterocycles. The maximum Gasteiger partial charge on any atom is 0.229 e. The molecule has 1 fully saturated rings. The highest BCUT2D eigenvalue weighted by atomic mass is 32.2. The van der Waals surface area contributed by atoms with E-state index in [2.05, 4.69) is 4.72 Å². The van der Waals surface area contributed by atoms with Crippen LogP contribution >= 0.6 is 0 Å². The lowest BCUT2D eigenvalue weighted by molar-refractivity contribution is -0.0704. The molecule has 0 bridgehead atoms. The molecule has 0 radical (unpaired) electrons. The van der Waals surface area contributed by atoms with E-state index in [0.29, 0.717) is 17.7 Å². The average Bonchev–Trinajstić information content (AvgIpc) is 2.32. The summed E-state index contributed by atoms with van der Waals surface area (Å²) < 4.78 is 30.0. The zero-order valence-electron chi connectivity index (χ0n) is 11.7. The summed E-state index contributed by atoms with van der Waals surface area (Å²) in [5.74, 6) is 0.0254. The van der Waals surface area contributed by atoms with Crippen LogP contribution in [0.1, 0.15) is 36.0 Å². The highest BCUT2D eigenvalue weighted by Crippen LogP contribution is 2.38. The third kappa shape index (κ3) is 3.58. The molecule has 0 unspecified atom stereocenters. The van der Waals surface area contributed by atoms with Gasteiger partial charge in [-0.2, -0.15) is 0 Å². The Labute approximate surface area is 119 Å². The molecule has 1 aromatic rings. The Kier molecular flexibility index (Phi) is 4.15. The molecule has 6 heteroatoms. The molecule has 1 saturated carbocycles. The maximum absolute atomic E-state index is 12.2. The number of nitrogens with one attached hydrogen (secondary N) is 1. The van der Waals surface area contributed by atoms with Gasteiger partial charge in [-0.25, -0.2) is 8.42 Å². The van der Waals surface area contributed by atoms with Crippen molar-refractivity contribution in [3.8, 4) is 0 Å². The van der Waals surface area contributed by atoms with Gasteiger partial charge in [-0.1, -0.05) is 0 Å². The first kappa shape index (κ1) is 15.0. The smallest absolute Gasteiger partial charge is 0.229 e. The van der Waals surface area contributed by atoms with Crippen LogP contribution in [0.5, 0.6) is 0 Å². The summed E-state index contributed by atoms with van der Waals surface area (Å²) in [6.07, 6.45) is 4.40. The van der Waals surface area contributed by atoms with Crippen LogP contribution in [0.4, 0.5) is 5.69 Å². The lowest BCUT2D eigenvalue weighted by Crippen LogP contribution is -2.41. The fourth-order valence-corrected chi connectivity index (χ4v) is 2.92. The minimum atomic E-state index is -3.29. The van der Waals surface area contributed by atoms with Crippen molar-refractivity contribution >= 4 is 21.5 Å². The van der Waals surface area contributed by atoms with Crippen molar-refractivity contribution in [2.24, 2.45) is 0 Å². The lowest BCUT2D eigenvalue weighted by Gasteiger charge is -2.40. The summed E-state index contributed by atoms with van der Waals surface area (Å²) in [4.78, 5) is 12.2. The van der Waals surface area contributed by atoms with Crippen LogP contribution in [0.3, 0.4) is 0 Å². The van der Waals surface area contributed by atoms with E-state index in [9.17, 15) is 13.2 Å². The second kappa shape index (κ2) is 5.54. The van der Waals surface area contributed by atoms with Gasteiger partial charge >= 0.3 is 0 Å². The van der Waals surface area contributed by atoms with Gasteiger partial charge in [0, 0.05) is 24.8 Å². The molecular formula is C14H19NO4S. The Morgan fingerprint density at radius 2 is 1.90 bits per heavy atom. The number of ether oxygens (including phenoxy) is 1. The van der Waals surface area contributed by atoms with E-state index in [1.54, 1.807) is 31.4 Å². The van der Waals surface area contributed by atoms with Crippen molar-refractivity contribution in [3.05, 3.63) is 29.8 Å². The third-order valence-electron chi connectivity index (χ3n) is 3.69. The molecule has 0 amide bonds. The van der Waals surface area contributed by atoms with Crippen LogP contribution in [0, 0.1) is 0 Å². The molecule has 20 heavy (non-hydrogen) atoms. The minimum absolute atomic E-state index is 0.0254. The maximum atomic E-state index is 12.2. The number of carbonyl (C=O) groups excluding carboxylic acids is 1. The third-order valence-corrected chi connectivity index (χ3v) is 4.30. The SMILES string of the molecule is COC1(CC(=O)c2ccc(NS(C)(=O)=O)cc2)CCC1.